The minimum Gasteiger partial charge on any atom is -0.344 e. The smallest absolute Gasteiger partial charge is 0.222 e. The van der Waals surface area contributed by atoms with E-state index in [0.717, 1.165) is 11.3 Å². The number of aryl methyl sites for hydroxylation is 1. The molecular weight excluding hydrogens is 324 g/mol. The lowest BCUT2D eigenvalue weighted by atomic mass is 10.0. The zero-order chi connectivity index (χ0) is 16.8. The summed E-state index contributed by atoms with van der Waals surface area (Å²) in [5.41, 5.74) is 1.67. The molecule has 3 rings (SSSR count). The maximum absolute atomic E-state index is 12.4. The molecule has 0 unspecified atom stereocenters. The van der Waals surface area contributed by atoms with E-state index in [4.69, 9.17) is 11.6 Å². The molecule has 0 saturated heterocycles. The summed E-state index contributed by atoms with van der Waals surface area (Å²) in [6.45, 7) is 0.531. The largest absolute Gasteiger partial charge is 0.344 e. The molecule has 1 aromatic carbocycles. The van der Waals surface area contributed by atoms with Gasteiger partial charge in [-0.1, -0.05) is 29.8 Å². The van der Waals surface area contributed by atoms with Crippen LogP contribution in [-0.2, 0) is 11.3 Å². The molecule has 1 atom stereocenters. The summed E-state index contributed by atoms with van der Waals surface area (Å²) in [5.74, 6) is -0.0684. The van der Waals surface area contributed by atoms with Gasteiger partial charge in [-0.05, 0) is 35.9 Å². The van der Waals surface area contributed by atoms with E-state index in [2.05, 4.69) is 15.4 Å². The van der Waals surface area contributed by atoms with Gasteiger partial charge in [-0.2, -0.15) is 5.10 Å². The van der Waals surface area contributed by atoms with E-state index in [1.807, 2.05) is 48.7 Å². The monoisotopic (exact) mass is 340 g/mol. The lowest BCUT2D eigenvalue weighted by Gasteiger charge is -2.19. The SMILES string of the molecule is O=C(CCn1cccn1)N[C@@H](c1cccc(Cl)c1)c1ccccn1. The molecule has 2 heterocycles. The van der Waals surface area contributed by atoms with Crippen molar-refractivity contribution in [2.75, 3.05) is 0 Å². The molecule has 2 aromatic heterocycles. The first-order valence-corrected chi connectivity index (χ1v) is 8.03. The Morgan fingerprint density at radius 1 is 1.17 bits per heavy atom. The third-order valence-electron chi connectivity index (χ3n) is 3.60. The second-order valence-electron chi connectivity index (χ2n) is 5.33. The Hall–Kier alpha value is -2.66. The second-order valence-corrected chi connectivity index (χ2v) is 5.77. The lowest BCUT2D eigenvalue weighted by Crippen LogP contribution is -2.30. The average Bonchev–Trinajstić information content (AvgIpc) is 3.12. The van der Waals surface area contributed by atoms with Crippen molar-refractivity contribution in [3.8, 4) is 0 Å². The molecule has 1 amide bonds. The van der Waals surface area contributed by atoms with Gasteiger partial charge in [-0.25, -0.2) is 0 Å². The van der Waals surface area contributed by atoms with Crippen LogP contribution >= 0.6 is 11.6 Å². The van der Waals surface area contributed by atoms with Crippen LogP contribution < -0.4 is 5.32 Å². The zero-order valence-electron chi connectivity index (χ0n) is 13.0. The Morgan fingerprint density at radius 3 is 2.79 bits per heavy atom. The molecule has 6 heteroatoms. The summed E-state index contributed by atoms with van der Waals surface area (Å²) in [5, 5.41) is 7.76. The van der Waals surface area contributed by atoms with Crippen LogP contribution in [0.25, 0.3) is 0 Å². The molecule has 0 aliphatic carbocycles. The standard InChI is InChI=1S/C18H17ClN4O/c19-15-6-3-5-14(13-15)18(16-7-1-2-9-20-16)22-17(24)8-12-23-11-4-10-21-23/h1-7,9-11,13,18H,8,12H2,(H,22,24)/t18-/m0/s1. The first-order chi connectivity index (χ1) is 11.7. The third kappa shape index (κ3) is 4.20. The van der Waals surface area contributed by atoms with Crippen LogP contribution in [0.2, 0.25) is 5.02 Å². The quantitative estimate of drug-likeness (QED) is 0.749. The topological polar surface area (TPSA) is 59.8 Å². The number of benzene rings is 1. The zero-order valence-corrected chi connectivity index (χ0v) is 13.7. The van der Waals surface area contributed by atoms with Crippen molar-refractivity contribution in [1.82, 2.24) is 20.1 Å². The molecule has 0 aliphatic rings. The van der Waals surface area contributed by atoms with Crippen molar-refractivity contribution >= 4 is 17.5 Å². The van der Waals surface area contributed by atoms with E-state index in [0.29, 0.717) is 18.0 Å². The molecule has 5 nitrogen and oxygen atoms in total. The van der Waals surface area contributed by atoms with Gasteiger partial charge in [0.05, 0.1) is 11.7 Å². The number of hydrogen-bond donors (Lipinski definition) is 1. The molecule has 3 aromatic rings. The minimum atomic E-state index is -0.338. The van der Waals surface area contributed by atoms with Gasteiger partial charge in [0, 0.05) is 36.6 Å². The number of carbonyl (C=O) groups excluding carboxylic acids is 1. The highest BCUT2D eigenvalue weighted by Crippen LogP contribution is 2.23. The van der Waals surface area contributed by atoms with Crippen LogP contribution in [0.1, 0.15) is 23.7 Å². The number of amides is 1. The molecule has 0 aliphatic heterocycles. The van der Waals surface area contributed by atoms with Gasteiger partial charge in [-0.15, -0.1) is 0 Å². The highest BCUT2D eigenvalue weighted by molar-refractivity contribution is 6.30. The predicted octanol–water partition coefficient (Wildman–Crippen LogP) is 3.23. The van der Waals surface area contributed by atoms with Gasteiger partial charge in [0.25, 0.3) is 0 Å². The van der Waals surface area contributed by atoms with E-state index < -0.39 is 0 Å². The normalized spacial score (nSPS) is 11.9. The Kier molecular flexibility index (Phi) is 5.23. The van der Waals surface area contributed by atoms with E-state index in [-0.39, 0.29) is 11.9 Å². The first-order valence-electron chi connectivity index (χ1n) is 7.65. The molecule has 0 bridgehead atoms. The number of pyridine rings is 1. The fourth-order valence-corrected chi connectivity index (χ4v) is 2.64. The molecule has 0 fully saturated rings. The Labute approximate surface area is 145 Å². The van der Waals surface area contributed by atoms with Crippen LogP contribution in [0.5, 0.6) is 0 Å². The van der Waals surface area contributed by atoms with E-state index in [1.54, 1.807) is 23.1 Å². The number of nitrogens with one attached hydrogen (secondary N) is 1. The van der Waals surface area contributed by atoms with Gasteiger partial charge in [0.1, 0.15) is 0 Å². The summed E-state index contributed by atoms with van der Waals surface area (Å²) >= 11 is 6.10. The number of aromatic nitrogens is 3. The molecular formula is C18H17ClN4O. The molecule has 0 radical (unpaired) electrons. The maximum Gasteiger partial charge on any atom is 0.222 e. The van der Waals surface area contributed by atoms with Gasteiger partial charge in [0.15, 0.2) is 0 Å². The summed E-state index contributed by atoms with van der Waals surface area (Å²) < 4.78 is 1.73. The lowest BCUT2D eigenvalue weighted by molar-refractivity contribution is -0.121. The number of carbonyl (C=O) groups is 1. The summed E-state index contributed by atoms with van der Waals surface area (Å²) in [4.78, 5) is 16.7. The van der Waals surface area contributed by atoms with Crippen LogP contribution in [0.3, 0.4) is 0 Å². The third-order valence-corrected chi connectivity index (χ3v) is 3.83. The van der Waals surface area contributed by atoms with Crippen LogP contribution in [0.4, 0.5) is 0 Å². The first kappa shape index (κ1) is 16.2. The fourth-order valence-electron chi connectivity index (χ4n) is 2.44. The molecule has 0 saturated carbocycles. The molecule has 24 heavy (non-hydrogen) atoms. The highest BCUT2D eigenvalue weighted by atomic mass is 35.5. The predicted molar refractivity (Wildman–Crippen MR) is 92.5 cm³/mol. The number of hydrogen-bond acceptors (Lipinski definition) is 3. The number of rotatable bonds is 6. The van der Waals surface area contributed by atoms with Gasteiger partial charge in [0.2, 0.25) is 5.91 Å². The molecule has 122 valence electrons. The summed E-state index contributed by atoms with van der Waals surface area (Å²) in [7, 11) is 0. The van der Waals surface area contributed by atoms with Crippen LogP contribution in [0.15, 0.2) is 67.1 Å². The van der Waals surface area contributed by atoms with Crippen molar-refractivity contribution in [2.24, 2.45) is 0 Å². The summed E-state index contributed by atoms with van der Waals surface area (Å²) in [6, 6.07) is 14.6. The van der Waals surface area contributed by atoms with Crippen molar-refractivity contribution < 1.29 is 4.79 Å². The highest BCUT2D eigenvalue weighted by Gasteiger charge is 2.18. The van der Waals surface area contributed by atoms with Gasteiger partial charge in [-0.3, -0.25) is 14.5 Å². The fraction of sp³-hybridized carbons (Fsp3) is 0.167. The average molecular weight is 341 g/mol. The molecule has 1 N–H and O–H groups in total. The second kappa shape index (κ2) is 7.75. The Balaban J connectivity index is 1.76. The van der Waals surface area contributed by atoms with Crippen molar-refractivity contribution in [3.63, 3.8) is 0 Å². The van der Waals surface area contributed by atoms with Crippen molar-refractivity contribution in [3.05, 3.63) is 83.4 Å². The van der Waals surface area contributed by atoms with E-state index >= 15 is 0 Å². The Morgan fingerprint density at radius 2 is 2.08 bits per heavy atom. The Bertz CT molecular complexity index is 790. The number of halogens is 1. The van der Waals surface area contributed by atoms with Crippen LogP contribution in [0, 0.1) is 0 Å². The molecule has 0 spiro atoms. The maximum atomic E-state index is 12.4. The number of nitrogens with zero attached hydrogens (tertiary/aromatic N) is 3. The van der Waals surface area contributed by atoms with Gasteiger partial charge < -0.3 is 5.32 Å². The van der Waals surface area contributed by atoms with E-state index in [9.17, 15) is 4.79 Å². The van der Waals surface area contributed by atoms with Gasteiger partial charge >= 0.3 is 0 Å². The van der Waals surface area contributed by atoms with Crippen molar-refractivity contribution in [1.29, 1.82) is 0 Å². The van der Waals surface area contributed by atoms with E-state index in [1.165, 1.54) is 0 Å². The van der Waals surface area contributed by atoms with Crippen molar-refractivity contribution in [2.45, 2.75) is 19.0 Å². The minimum absolute atomic E-state index is 0.0684. The van der Waals surface area contributed by atoms with Crippen LogP contribution in [-0.4, -0.2) is 20.7 Å². The summed E-state index contributed by atoms with van der Waals surface area (Å²) in [6.07, 6.45) is 5.58.